The first-order valence-corrected chi connectivity index (χ1v) is 6.36. The Morgan fingerprint density at radius 2 is 1.88 bits per heavy atom. The van der Waals surface area contributed by atoms with Gasteiger partial charge in [0.15, 0.2) is 17.5 Å². The van der Waals surface area contributed by atoms with E-state index in [2.05, 4.69) is 21.2 Å². The van der Waals surface area contributed by atoms with Crippen molar-refractivity contribution in [1.29, 1.82) is 0 Å². The molecule has 0 radical (unpaired) electrons. The SMILES string of the molecule is Fc1ccc(NCc2sccc2Br)c(F)c1F. The minimum absolute atomic E-state index is 0.0517. The number of anilines is 1. The lowest BCUT2D eigenvalue weighted by Crippen LogP contribution is -2.03. The van der Waals surface area contributed by atoms with Crippen LogP contribution in [0.15, 0.2) is 28.1 Å². The monoisotopic (exact) mass is 321 g/mol. The summed E-state index contributed by atoms with van der Waals surface area (Å²) in [5.74, 6) is -3.84. The molecule has 0 amide bonds. The van der Waals surface area contributed by atoms with Crippen LogP contribution in [0.1, 0.15) is 4.88 Å². The van der Waals surface area contributed by atoms with Crippen molar-refractivity contribution in [3.63, 3.8) is 0 Å². The maximum atomic E-state index is 13.3. The third kappa shape index (κ3) is 2.63. The summed E-state index contributed by atoms with van der Waals surface area (Å²) in [6.45, 7) is 0.347. The molecule has 0 fully saturated rings. The first-order chi connectivity index (χ1) is 8.09. The maximum absolute atomic E-state index is 13.3. The van der Waals surface area contributed by atoms with E-state index >= 15 is 0 Å². The van der Waals surface area contributed by atoms with E-state index in [9.17, 15) is 13.2 Å². The van der Waals surface area contributed by atoms with Crippen molar-refractivity contribution in [3.8, 4) is 0 Å². The molecule has 0 aliphatic heterocycles. The molecule has 0 saturated heterocycles. The normalized spacial score (nSPS) is 10.6. The predicted octanol–water partition coefficient (Wildman–Crippen LogP) is 4.54. The zero-order valence-corrected chi connectivity index (χ0v) is 10.8. The van der Waals surface area contributed by atoms with Gasteiger partial charge < -0.3 is 5.32 Å². The van der Waals surface area contributed by atoms with E-state index < -0.39 is 17.5 Å². The van der Waals surface area contributed by atoms with Crippen LogP contribution < -0.4 is 5.32 Å². The average Bonchev–Trinajstić information content (AvgIpc) is 2.71. The van der Waals surface area contributed by atoms with Crippen molar-refractivity contribution >= 4 is 33.0 Å². The lowest BCUT2D eigenvalue weighted by atomic mass is 10.2. The summed E-state index contributed by atoms with van der Waals surface area (Å²) in [4.78, 5) is 0.953. The summed E-state index contributed by atoms with van der Waals surface area (Å²) in [6.07, 6.45) is 0. The molecule has 1 aromatic carbocycles. The van der Waals surface area contributed by atoms with Gasteiger partial charge in [-0.25, -0.2) is 13.2 Å². The topological polar surface area (TPSA) is 12.0 Å². The highest BCUT2D eigenvalue weighted by Crippen LogP contribution is 2.25. The van der Waals surface area contributed by atoms with Crippen molar-refractivity contribution in [2.24, 2.45) is 0 Å². The Kier molecular flexibility index (Phi) is 3.73. The average molecular weight is 322 g/mol. The van der Waals surface area contributed by atoms with E-state index in [0.29, 0.717) is 6.54 Å². The third-order valence-corrected chi connectivity index (χ3v) is 4.09. The lowest BCUT2D eigenvalue weighted by Gasteiger charge is -2.07. The van der Waals surface area contributed by atoms with E-state index in [0.717, 1.165) is 15.4 Å². The second kappa shape index (κ2) is 5.10. The Hall–Kier alpha value is -1.01. The van der Waals surface area contributed by atoms with Crippen LogP contribution in [0.3, 0.4) is 0 Å². The molecular weight excluding hydrogens is 315 g/mol. The number of halogens is 4. The Morgan fingerprint density at radius 3 is 2.53 bits per heavy atom. The molecule has 0 bridgehead atoms. The molecule has 17 heavy (non-hydrogen) atoms. The Labute approximate surface area is 108 Å². The molecular formula is C11H7BrF3NS. The molecule has 1 heterocycles. The minimum atomic E-state index is -1.46. The number of thiophene rings is 1. The molecule has 0 aliphatic rings. The molecule has 2 rings (SSSR count). The predicted molar refractivity (Wildman–Crippen MR) is 65.7 cm³/mol. The van der Waals surface area contributed by atoms with Gasteiger partial charge >= 0.3 is 0 Å². The number of hydrogen-bond donors (Lipinski definition) is 1. The van der Waals surface area contributed by atoms with Gasteiger partial charge in [0.05, 0.1) is 12.2 Å². The lowest BCUT2D eigenvalue weighted by molar-refractivity contribution is 0.449. The highest BCUT2D eigenvalue weighted by atomic mass is 79.9. The first-order valence-electron chi connectivity index (χ1n) is 4.69. The molecule has 1 nitrogen and oxygen atoms in total. The van der Waals surface area contributed by atoms with E-state index in [4.69, 9.17) is 0 Å². The zero-order valence-electron chi connectivity index (χ0n) is 8.44. The standard InChI is InChI=1S/C11H7BrF3NS/c12-6-3-4-17-9(6)5-16-8-2-1-7(13)10(14)11(8)15/h1-4,16H,5H2. The molecule has 1 aromatic heterocycles. The van der Waals surface area contributed by atoms with E-state index in [1.165, 1.54) is 17.4 Å². The van der Waals surface area contributed by atoms with Crippen molar-refractivity contribution in [2.45, 2.75) is 6.54 Å². The van der Waals surface area contributed by atoms with Gasteiger partial charge in [-0.05, 0) is 39.5 Å². The molecule has 1 N–H and O–H groups in total. The molecule has 0 spiro atoms. The molecule has 0 atom stereocenters. The van der Waals surface area contributed by atoms with Crippen LogP contribution in [0.4, 0.5) is 18.9 Å². The summed E-state index contributed by atoms with van der Waals surface area (Å²) in [6, 6.07) is 3.93. The van der Waals surface area contributed by atoms with Gasteiger partial charge in [0.25, 0.3) is 0 Å². The van der Waals surface area contributed by atoms with Crippen LogP contribution in [0.5, 0.6) is 0 Å². The molecule has 90 valence electrons. The van der Waals surface area contributed by atoms with Crippen molar-refractivity contribution in [3.05, 3.63) is 50.4 Å². The van der Waals surface area contributed by atoms with Gasteiger partial charge in [-0.1, -0.05) is 0 Å². The highest BCUT2D eigenvalue weighted by molar-refractivity contribution is 9.10. The van der Waals surface area contributed by atoms with Crippen molar-refractivity contribution in [2.75, 3.05) is 5.32 Å². The van der Waals surface area contributed by atoms with Crippen LogP contribution in [-0.2, 0) is 6.54 Å². The quantitative estimate of drug-likeness (QED) is 0.818. The zero-order chi connectivity index (χ0) is 12.4. The Bertz CT molecular complexity index is 542. The highest BCUT2D eigenvalue weighted by Gasteiger charge is 2.13. The fourth-order valence-electron chi connectivity index (χ4n) is 1.29. The van der Waals surface area contributed by atoms with Crippen LogP contribution in [0, 0.1) is 17.5 Å². The van der Waals surface area contributed by atoms with Crippen molar-refractivity contribution < 1.29 is 13.2 Å². The summed E-state index contributed by atoms with van der Waals surface area (Å²) < 4.78 is 39.8. The maximum Gasteiger partial charge on any atom is 0.196 e. The molecule has 0 aliphatic carbocycles. The fourth-order valence-corrected chi connectivity index (χ4v) is 2.72. The number of benzene rings is 1. The summed E-state index contributed by atoms with van der Waals surface area (Å²) in [5.41, 5.74) is -0.0517. The van der Waals surface area contributed by atoms with E-state index in [1.807, 2.05) is 11.4 Å². The Balaban J connectivity index is 2.15. The minimum Gasteiger partial charge on any atom is -0.378 e. The van der Waals surface area contributed by atoms with Gasteiger partial charge in [0, 0.05) is 9.35 Å². The smallest absolute Gasteiger partial charge is 0.196 e. The Morgan fingerprint density at radius 1 is 1.12 bits per heavy atom. The number of hydrogen-bond acceptors (Lipinski definition) is 2. The third-order valence-electron chi connectivity index (χ3n) is 2.17. The summed E-state index contributed by atoms with van der Waals surface area (Å²) in [5, 5.41) is 4.60. The van der Waals surface area contributed by atoms with Crippen LogP contribution in [-0.4, -0.2) is 0 Å². The molecule has 0 saturated carbocycles. The fraction of sp³-hybridized carbons (Fsp3) is 0.0909. The van der Waals surface area contributed by atoms with E-state index in [-0.39, 0.29) is 5.69 Å². The summed E-state index contributed by atoms with van der Waals surface area (Å²) in [7, 11) is 0. The molecule has 6 heteroatoms. The van der Waals surface area contributed by atoms with Crippen LogP contribution in [0.2, 0.25) is 0 Å². The van der Waals surface area contributed by atoms with Gasteiger partial charge in [-0.15, -0.1) is 11.3 Å². The van der Waals surface area contributed by atoms with Gasteiger partial charge in [0.2, 0.25) is 0 Å². The van der Waals surface area contributed by atoms with Crippen molar-refractivity contribution in [1.82, 2.24) is 0 Å². The first kappa shape index (κ1) is 12.4. The van der Waals surface area contributed by atoms with Gasteiger partial charge in [-0.3, -0.25) is 0 Å². The second-order valence-electron chi connectivity index (χ2n) is 3.27. The largest absolute Gasteiger partial charge is 0.378 e. The number of nitrogens with one attached hydrogen (secondary N) is 1. The van der Waals surface area contributed by atoms with Gasteiger partial charge in [0.1, 0.15) is 0 Å². The molecule has 2 aromatic rings. The van der Waals surface area contributed by atoms with Crippen LogP contribution in [0.25, 0.3) is 0 Å². The van der Waals surface area contributed by atoms with Crippen LogP contribution >= 0.6 is 27.3 Å². The summed E-state index contributed by atoms with van der Waals surface area (Å²) >= 11 is 4.81. The number of rotatable bonds is 3. The second-order valence-corrected chi connectivity index (χ2v) is 5.12. The van der Waals surface area contributed by atoms with Gasteiger partial charge in [-0.2, -0.15) is 0 Å². The molecule has 0 unspecified atom stereocenters. The van der Waals surface area contributed by atoms with E-state index in [1.54, 1.807) is 0 Å².